The first-order valence-electron chi connectivity index (χ1n) is 4.50. The molecule has 7 heteroatoms. The fourth-order valence-corrected chi connectivity index (χ4v) is 1.32. The second-order valence-electron chi connectivity index (χ2n) is 3.30. The molecule has 0 unspecified atom stereocenters. The van der Waals surface area contributed by atoms with Gasteiger partial charge in [0.2, 0.25) is 0 Å². The summed E-state index contributed by atoms with van der Waals surface area (Å²) in [6.45, 7) is 1.29. The third-order valence-electron chi connectivity index (χ3n) is 2.13. The summed E-state index contributed by atoms with van der Waals surface area (Å²) in [6, 6.07) is 2.22. The van der Waals surface area contributed by atoms with E-state index in [1.807, 2.05) is 0 Å². The molecule has 0 aliphatic carbocycles. The summed E-state index contributed by atoms with van der Waals surface area (Å²) in [6.07, 6.45) is -8.51. The molecule has 0 N–H and O–H groups in total. The van der Waals surface area contributed by atoms with Crippen molar-refractivity contribution in [2.75, 3.05) is 0 Å². The number of hydrogen-bond donors (Lipinski definition) is 0. The third-order valence-corrected chi connectivity index (χ3v) is 2.13. The first-order valence-corrected chi connectivity index (χ1v) is 4.50. The molecule has 0 fully saturated rings. The zero-order chi connectivity index (χ0) is 13.2. The number of nitriles is 1. The van der Waals surface area contributed by atoms with Gasteiger partial charge < -0.3 is 0 Å². The molecule has 0 aliphatic rings. The molecule has 0 saturated heterocycles. The summed E-state index contributed by atoms with van der Waals surface area (Å²) in [5.74, 6) is 0. The zero-order valence-corrected chi connectivity index (χ0v) is 8.65. The molecule has 0 spiro atoms. The number of pyridine rings is 1. The number of nitrogens with zero attached hydrogens (tertiary/aromatic N) is 2. The van der Waals surface area contributed by atoms with Gasteiger partial charge in [-0.15, -0.1) is 0 Å². The Morgan fingerprint density at radius 1 is 1.41 bits per heavy atom. The Labute approximate surface area is 93.7 Å². The quantitative estimate of drug-likeness (QED) is 0.754. The highest BCUT2D eigenvalue weighted by Gasteiger charge is 2.37. The average molecular weight is 250 g/mol. The second-order valence-corrected chi connectivity index (χ2v) is 3.30. The van der Waals surface area contributed by atoms with Crippen LogP contribution in [-0.2, 0) is 12.6 Å². The van der Waals surface area contributed by atoms with Crippen molar-refractivity contribution in [1.82, 2.24) is 4.98 Å². The van der Waals surface area contributed by atoms with Crippen LogP contribution in [0.25, 0.3) is 0 Å². The second kappa shape index (κ2) is 4.65. The lowest BCUT2D eigenvalue weighted by atomic mass is 10.1. The predicted octanol–water partition coefficient (Wildman–Crippen LogP) is 3.41. The highest BCUT2D eigenvalue weighted by molar-refractivity contribution is 5.34. The number of alkyl halides is 5. The molecule has 0 radical (unpaired) electrons. The van der Waals surface area contributed by atoms with E-state index in [4.69, 9.17) is 5.26 Å². The normalized spacial score (nSPS) is 11.6. The lowest BCUT2D eigenvalue weighted by molar-refractivity contribution is -0.140. The van der Waals surface area contributed by atoms with Crippen LogP contribution in [0.5, 0.6) is 0 Å². The van der Waals surface area contributed by atoms with Crippen LogP contribution in [0, 0.1) is 18.3 Å². The number of rotatable bonds is 2. The van der Waals surface area contributed by atoms with Gasteiger partial charge in [-0.1, -0.05) is 0 Å². The number of aryl methyl sites for hydroxylation is 1. The fraction of sp³-hybridized carbons (Fsp3) is 0.400. The molecule has 1 heterocycles. The number of hydrogen-bond acceptors (Lipinski definition) is 2. The maximum absolute atomic E-state index is 12.5. The van der Waals surface area contributed by atoms with E-state index in [2.05, 4.69) is 4.98 Å². The summed E-state index contributed by atoms with van der Waals surface area (Å²) >= 11 is 0. The van der Waals surface area contributed by atoms with E-state index < -0.39 is 23.9 Å². The van der Waals surface area contributed by atoms with Crippen LogP contribution >= 0.6 is 0 Å². The van der Waals surface area contributed by atoms with Gasteiger partial charge in [-0.05, 0) is 18.6 Å². The molecular weight excluding hydrogens is 243 g/mol. The first kappa shape index (κ1) is 13.4. The van der Waals surface area contributed by atoms with E-state index in [9.17, 15) is 22.0 Å². The van der Waals surface area contributed by atoms with E-state index in [0.29, 0.717) is 6.07 Å². The van der Waals surface area contributed by atoms with E-state index >= 15 is 0 Å². The Balaban J connectivity index is 3.44. The molecule has 0 aromatic carbocycles. The fourth-order valence-electron chi connectivity index (χ4n) is 1.32. The van der Waals surface area contributed by atoms with Gasteiger partial charge in [0.05, 0.1) is 18.1 Å². The highest BCUT2D eigenvalue weighted by atomic mass is 19.4. The van der Waals surface area contributed by atoms with Gasteiger partial charge in [0.25, 0.3) is 6.43 Å². The molecule has 2 nitrogen and oxygen atoms in total. The Morgan fingerprint density at radius 2 is 2.00 bits per heavy atom. The van der Waals surface area contributed by atoms with Crippen LogP contribution in [0.15, 0.2) is 6.07 Å². The maximum atomic E-state index is 12.5. The summed E-state index contributed by atoms with van der Waals surface area (Å²) in [5.41, 5.74) is -2.76. The monoisotopic (exact) mass is 250 g/mol. The molecular formula is C10H7F5N2. The predicted molar refractivity (Wildman–Crippen MR) is 48.3 cm³/mol. The molecule has 92 valence electrons. The smallest absolute Gasteiger partial charge is 0.251 e. The van der Waals surface area contributed by atoms with E-state index in [0.717, 1.165) is 0 Å². The SMILES string of the molecule is Cc1nc(C(F)F)c(C(F)(F)F)cc1CC#N. The van der Waals surface area contributed by atoms with Crippen molar-refractivity contribution in [2.24, 2.45) is 0 Å². The molecule has 0 bridgehead atoms. The van der Waals surface area contributed by atoms with Crippen LogP contribution in [-0.4, -0.2) is 4.98 Å². The van der Waals surface area contributed by atoms with Crippen molar-refractivity contribution in [3.63, 3.8) is 0 Å². The summed E-state index contributed by atoms with van der Waals surface area (Å²) < 4.78 is 62.4. The minimum absolute atomic E-state index is 0.00391. The Kier molecular flexibility index (Phi) is 3.66. The standard InChI is InChI=1S/C10H7F5N2/c1-5-6(2-3-16)4-7(10(13,14)15)8(17-5)9(11)12/h4,9H,2H2,1H3. The molecule has 0 amide bonds. The highest BCUT2D eigenvalue weighted by Crippen LogP contribution is 2.36. The van der Waals surface area contributed by atoms with Crippen LogP contribution in [0.4, 0.5) is 22.0 Å². The molecule has 0 saturated carbocycles. The van der Waals surface area contributed by atoms with Crippen LogP contribution in [0.1, 0.15) is 28.9 Å². The number of halogens is 5. The van der Waals surface area contributed by atoms with Crippen LogP contribution < -0.4 is 0 Å². The molecule has 0 atom stereocenters. The van der Waals surface area contributed by atoms with E-state index in [-0.39, 0.29) is 17.7 Å². The summed E-state index contributed by atoms with van der Waals surface area (Å²) in [4.78, 5) is 3.24. The van der Waals surface area contributed by atoms with Crippen molar-refractivity contribution in [3.05, 3.63) is 28.6 Å². The lowest BCUT2D eigenvalue weighted by Crippen LogP contribution is -2.13. The molecule has 1 aromatic heterocycles. The molecule has 1 aromatic rings. The van der Waals surface area contributed by atoms with Crippen molar-refractivity contribution >= 4 is 0 Å². The van der Waals surface area contributed by atoms with E-state index in [1.54, 1.807) is 6.07 Å². The minimum atomic E-state index is -4.91. The Bertz CT molecular complexity index is 459. The van der Waals surface area contributed by atoms with Crippen molar-refractivity contribution < 1.29 is 22.0 Å². The molecule has 0 aliphatic heterocycles. The van der Waals surface area contributed by atoms with Gasteiger partial charge in [0.15, 0.2) is 0 Å². The van der Waals surface area contributed by atoms with Crippen molar-refractivity contribution in [3.8, 4) is 6.07 Å². The zero-order valence-electron chi connectivity index (χ0n) is 8.65. The van der Waals surface area contributed by atoms with Gasteiger partial charge in [-0.25, -0.2) is 8.78 Å². The van der Waals surface area contributed by atoms with Crippen molar-refractivity contribution in [2.45, 2.75) is 25.9 Å². The van der Waals surface area contributed by atoms with Crippen molar-refractivity contribution in [1.29, 1.82) is 5.26 Å². The largest absolute Gasteiger partial charge is 0.418 e. The third kappa shape index (κ3) is 2.90. The lowest BCUT2D eigenvalue weighted by Gasteiger charge is -2.14. The van der Waals surface area contributed by atoms with Gasteiger partial charge in [-0.2, -0.15) is 18.4 Å². The Morgan fingerprint density at radius 3 is 2.41 bits per heavy atom. The molecule has 1 rings (SSSR count). The Hall–Kier alpha value is -1.71. The van der Waals surface area contributed by atoms with Crippen LogP contribution in [0.2, 0.25) is 0 Å². The van der Waals surface area contributed by atoms with Gasteiger partial charge in [0, 0.05) is 5.69 Å². The maximum Gasteiger partial charge on any atom is 0.418 e. The van der Waals surface area contributed by atoms with Crippen LogP contribution in [0.3, 0.4) is 0 Å². The van der Waals surface area contributed by atoms with E-state index in [1.165, 1.54) is 6.92 Å². The summed E-state index contributed by atoms with van der Waals surface area (Å²) in [7, 11) is 0. The summed E-state index contributed by atoms with van der Waals surface area (Å²) in [5, 5.41) is 8.41. The topological polar surface area (TPSA) is 36.7 Å². The minimum Gasteiger partial charge on any atom is -0.251 e. The van der Waals surface area contributed by atoms with Gasteiger partial charge in [-0.3, -0.25) is 4.98 Å². The molecule has 17 heavy (non-hydrogen) atoms. The van der Waals surface area contributed by atoms with Gasteiger partial charge in [0.1, 0.15) is 5.69 Å². The first-order chi connectivity index (χ1) is 7.77. The average Bonchev–Trinajstić information content (AvgIpc) is 2.18. The number of aromatic nitrogens is 1. The van der Waals surface area contributed by atoms with Gasteiger partial charge >= 0.3 is 6.18 Å².